The van der Waals surface area contributed by atoms with Crippen molar-refractivity contribution in [1.82, 2.24) is 0 Å². The fraction of sp³-hybridized carbons (Fsp3) is 0.609. The van der Waals surface area contributed by atoms with Crippen LogP contribution < -0.4 is 0 Å². The number of esters is 4. The molecule has 0 bridgehead atoms. The number of aliphatic hydroxyl groups excluding tert-OH is 1. The molecule has 5 atom stereocenters. The smallest absolute Gasteiger partial charge is 0.462 e. The van der Waals surface area contributed by atoms with Gasteiger partial charge >= 0.3 is 39.5 Å². The molecule has 600 valence electrons. The van der Waals surface area contributed by atoms with Crippen LogP contribution in [-0.2, 0) is 65.4 Å². The van der Waals surface area contributed by atoms with Crippen LogP contribution in [0.5, 0.6) is 0 Å². The Morgan fingerprint density at radius 3 is 0.764 bits per heavy atom. The number of ether oxygens (including phenoxy) is 4. The van der Waals surface area contributed by atoms with Crippen molar-refractivity contribution in [3.8, 4) is 0 Å². The van der Waals surface area contributed by atoms with Gasteiger partial charge in [-0.1, -0.05) is 268 Å². The van der Waals surface area contributed by atoms with E-state index in [2.05, 4.69) is 210 Å². The maximum atomic E-state index is 13.1. The summed E-state index contributed by atoms with van der Waals surface area (Å²) in [7, 11) is -10.0. The van der Waals surface area contributed by atoms with Crippen molar-refractivity contribution in [2.45, 2.75) is 303 Å². The molecule has 0 saturated carbocycles. The lowest BCUT2D eigenvalue weighted by molar-refractivity contribution is -0.161. The highest BCUT2D eigenvalue weighted by atomic mass is 31.2. The van der Waals surface area contributed by atoms with E-state index in [4.69, 9.17) is 37.0 Å². The maximum Gasteiger partial charge on any atom is 0.472 e. The second-order valence-electron chi connectivity index (χ2n) is 25.9. The van der Waals surface area contributed by atoms with Crippen LogP contribution in [0.2, 0.25) is 0 Å². The molecule has 0 aromatic carbocycles. The molecular formula is C87H140O17P2. The van der Waals surface area contributed by atoms with Gasteiger partial charge in [0.05, 0.1) is 26.4 Å². The Morgan fingerprint density at radius 2 is 0.491 bits per heavy atom. The second kappa shape index (κ2) is 77.3. The Hall–Kier alpha value is -5.84. The molecule has 0 spiro atoms. The van der Waals surface area contributed by atoms with Gasteiger partial charge in [-0.15, -0.1) is 0 Å². The Balaban J connectivity index is 5.46. The van der Waals surface area contributed by atoms with Gasteiger partial charge in [-0.2, -0.15) is 0 Å². The number of hydrogen-bond donors (Lipinski definition) is 3. The first-order valence-corrected chi connectivity index (χ1v) is 43.0. The third-order valence-electron chi connectivity index (χ3n) is 15.8. The van der Waals surface area contributed by atoms with Crippen molar-refractivity contribution in [1.29, 1.82) is 0 Å². The molecule has 3 N–H and O–H groups in total. The summed E-state index contributed by atoms with van der Waals surface area (Å²) in [6.07, 6.45) is 93.0. The predicted octanol–water partition coefficient (Wildman–Crippen LogP) is 23.6. The number of aliphatic hydroxyl groups is 1. The fourth-order valence-electron chi connectivity index (χ4n) is 9.85. The third-order valence-corrected chi connectivity index (χ3v) is 17.7. The highest BCUT2D eigenvalue weighted by Gasteiger charge is 2.30. The van der Waals surface area contributed by atoms with Gasteiger partial charge in [0.1, 0.15) is 19.3 Å². The van der Waals surface area contributed by atoms with Crippen LogP contribution in [0.25, 0.3) is 0 Å². The number of carbonyl (C=O) groups excluding carboxylic acids is 4. The normalized spacial score (nSPS) is 14.8. The summed E-state index contributed by atoms with van der Waals surface area (Å²) in [5.74, 6) is -2.30. The standard InChI is InChI=1S/C87H140O17P2/c1-5-9-13-17-21-25-29-33-36-39-40-43-45-49-52-56-60-64-68-72-85(90)97-77-82(103-86(91)73-69-65-61-57-53-47-32-28-24-20-16-12-8-4)79-101-105(93,94)99-75-81(88)76-100-106(95,96)102-80-83(104-87(92)74-70-66-62-58-54-50-46-42-38-35-31-27-23-19-15-11-7-3)78-98-84(89)71-67-63-59-55-51-48-44-41-37-34-30-26-22-18-14-10-6-2/h9-11,13-16,20-23,25-28,32-38,40,43-44,46,48-50,52,81-83,88H,5-8,12,17-19,24,29-31,39,41-42,45,47,51,53-80H2,1-4H3,(H,93,94)(H,95,96)/b13-9-,14-10-,15-11-,20-16-,25-21-,26-22-,27-23-,32-28-,36-33-,37-34-,38-35-,43-40-,48-44-,50-46-,52-49-. The molecule has 0 aliphatic rings. The minimum atomic E-state index is -5.00. The number of unbranched alkanes of at least 4 members (excludes halogenated alkanes) is 17. The van der Waals surface area contributed by atoms with E-state index in [9.17, 15) is 43.2 Å². The molecule has 0 radical (unpaired) electrons. The zero-order chi connectivity index (χ0) is 77.4. The summed E-state index contributed by atoms with van der Waals surface area (Å²) in [5.41, 5.74) is 0. The molecule has 0 aromatic rings. The van der Waals surface area contributed by atoms with Gasteiger partial charge in [0.2, 0.25) is 0 Å². The van der Waals surface area contributed by atoms with E-state index in [1.807, 2.05) is 0 Å². The van der Waals surface area contributed by atoms with Crippen LogP contribution in [0.15, 0.2) is 182 Å². The number of allylic oxidation sites excluding steroid dienone is 30. The first-order chi connectivity index (χ1) is 51.7. The molecule has 17 nitrogen and oxygen atoms in total. The van der Waals surface area contributed by atoms with Crippen LogP contribution in [0.4, 0.5) is 0 Å². The summed E-state index contributed by atoms with van der Waals surface area (Å²) in [4.78, 5) is 73.1. The van der Waals surface area contributed by atoms with Crippen molar-refractivity contribution in [2.75, 3.05) is 39.6 Å². The summed E-state index contributed by atoms with van der Waals surface area (Å²) in [6.45, 7) is 4.34. The lowest BCUT2D eigenvalue weighted by Crippen LogP contribution is -2.30. The zero-order valence-corrected chi connectivity index (χ0v) is 67.3. The first kappa shape index (κ1) is 100. The summed E-state index contributed by atoms with van der Waals surface area (Å²) in [5, 5.41) is 10.6. The van der Waals surface area contributed by atoms with Crippen molar-refractivity contribution in [3.63, 3.8) is 0 Å². The second-order valence-corrected chi connectivity index (χ2v) is 28.8. The fourth-order valence-corrected chi connectivity index (χ4v) is 11.4. The average molecular weight is 1520 g/mol. The lowest BCUT2D eigenvalue weighted by Gasteiger charge is -2.21. The quantitative estimate of drug-likeness (QED) is 0.0169. The van der Waals surface area contributed by atoms with Crippen LogP contribution in [0.1, 0.15) is 285 Å². The van der Waals surface area contributed by atoms with Gasteiger partial charge in [0, 0.05) is 25.7 Å². The van der Waals surface area contributed by atoms with Gasteiger partial charge in [-0.3, -0.25) is 37.3 Å². The Morgan fingerprint density at radius 1 is 0.274 bits per heavy atom. The molecule has 0 aromatic heterocycles. The highest BCUT2D eigenvalue weighted by Crippen LogP contribution is 2.45. The van der Waals surface area contributed by atoms with Gasteiger partial charge < -0.3 is 33.8 Å². The summed E-state index contributed by atoms with van der Waals surface area (Å²) >= 11 is 0. The predicted molar refractivity (Wildman–Crippen MR) is 436 cm³/mol. The van der Waals surface area contributed by atoms with Gasteiger partial charge in [0.25, 0.3) is 0 Å². The molecule has 0 rings (SSSR count). The van der Waals surface area contributed by atoms with Gasteiger partial charge in [-0.05, 0) is 173 Å². The SMILES string of the molecule is CC/C=C\C/C=C\C/C=C\C/C=C\C/C=C\CCCCCC(=O)OCC(COP(=O)(O)OCC(O)COP(=O)(O)OCC(COC(=O)CCCCCC/C=C\C/C=C\C/C=C\C/C=C\CC)OC(=O)CCCCCC/C=C\C/C=C\C/C=C\C/C=C\CC)OC(=O)CCCCCCC/C=C\C/C=C\CCC. The molecule has 0 amide bonds. The zero-order valence-electron chi connectivity index (χ0n) is 65.5. The molecular weight excluding hydrogens is 1380 g/mol. The maximum absolute atomic E-state index is 13.1. The molecule has 19 heteroatoms. The largest absolute Gasteiger partial charge is 0.472 e. The molecule has 0 saturated heterocycles. The van der Waals surface area contributed by atoms with E-state index in [0.29, 0.717) is 25.7 Å². The molecule has 106 heavy (non-hydrogen) atoms. The monoisotopic (exact) mass is 1520 g/mol. The van der Waals surface area contributed by atoms with Crippen LogP contribution in [0.3, 0.4) is 0 Å². The van der Waals surface area contributed by atoms with Crippen LogP contribution >= 0.6 is 15.6 Å². The minimum absolute atomic E-state index is 0.0533. The number of rotatable bonds is 73. The Bertz CT molecular complexity index is 2730. The van der Waals surface area contributed by atoms with Crippen molar-refractivity contribution in [3.05, 3.63) is 182 Å². The van der Waals surface area contributed by atoms with Crippen molar-refractivity contribution >= 4 is 39.5 Å². The number of phosphoric acid groups is 2. The van der Waals surface area contributed by atoms with E-state index in [1.54, 1.807) is 0 Å². The molecule has 0 heterocycles. The van der Waals surface area contributed by atoms with E-state index in [1.165, 1.54) is 0 Å². The van der Waals surface area contributed by atoms with E-state index in [0.717, 1.165) is 205 Å². The molecule has 0 fully saturated rings. The van der Waals surface area contributed by atoms with Crippen LogP contribution in [-0.4, -0.2) is 96.7 Å². The average Bonchev–Trinajstić information content (AvgIpc) is 0.900. The lowest BCUT2D eigenvalue weighted by atomic mass is 10.1. The number of carbonyl (C=O) groups is 4. The van der Waals surface area contributed by atoms with Crippen LogP contribution in [0, 0.1) is 0 Å². The minimum Gasteiger partial charge on any atom is -0.462 e. The van der Waals surface area contributed by atoms with E-state index in [-0.39, 0.29) is 25.7 Å². The van der Waals surface area contributed by atoms with Gasteiger partial charge in [-0.25, -0.2) is 9.13 Å². The Labute approximate surface area is 641 Å². The third kappa shape index (κ3) is 76.4. The van der Waals surface area contributed by atoms with Crippen molar-refractivity contribution < 1.29 is 80.2 Å². The van der Waals surface area contributed by atoms with Gasteiger partial charge in [0.15, 0.2) is 12.2 Å². The molecule has 5 unspecified atom stereocenters. The topological polar surface area (TPSA) is 237 Å². The van der Waals surface area contributed by atoms with E-state index >= 15 is 0 Å². The first-order valence-electron chi connectivity index (χ1n) is 40.0. The Kier molecular flexibility index (Phi) is 73.1. The van der Waals surface area contributed by atoms with Crippen molar-refractivity contribution in [2.24, 2.45) is 0 Å². The summed E-state index contributed by atoms with van der Waals surface area (Å²) < 4.78 is 68.6. The highest BCUT2D eigenvalue weighted by molar-refractivity contribution is 7.47. The van der Waals surface area contributed by atoms with E-state index < -0.39 is 97.5 Å². The molecule has 0 aliphatic carbocycles. The number of hydrogen-bond acceptors (Lipinski definition) is 15. The summed E-state index contributed by atoms with van der Waals surface area (Å²) in [6, 6.07) is 0. The number of phosphoric ester groups is 2. The molecule has 0 aliphatic heterocycles.